The first-order chi connectivity index (χ1) is 12.2. The van der Waals surface area contributed by atoms with Crippen LogP contribution in [0.15, 0.2) is 35.9 Å². The monoisotopic (exact) mass is 359 g/mol. The van der Waals surface area contributed by atoms with E-state index < -0.39 is 0 Å². The number of hydrogen-bond donors (Lipinski definition) is 2. The highest BCUT2D eigenvalue weighted by Gasteiger charge is 2.18. The molecule has 6 nitrogen and oxygen atoms in total. The summed E-state index contributed by atoms with van der Waals surface area (Å²) in [6.45, 7) is 4.40. The predicted molar refractivity (Wildman–Crippen MR) is 98.3 cm³/mol. The van der Waals surface area contributed by atoms with Crippen molar-refractivity contribution in [3.05, 3.63) is 52.6 Å². The summed E-state index contributed by atoms with van der Waals surface area (Å²) in [7, 11) is 0. The molecule has 0 spiro atoms. The Morgan fingerprint density at radius 3 is 2.96 bits per heavy atom. The zero-order valence-corrected chi connectivity index (χ0v) is 15.0. The number of para-hydroxylation sites is 1. The highest BCUT2D eigenvalue weighted by Crippen LogP contribution is 2.21. The summed E-state index contributed by atoms with van der Waals surface area (Å²) in [6, 6.07) is 7.43. The zero-order valence-electron chi connectivity index (χ0n) is 14.3. The fourth-order valence-electron chi connectivity index (χ4n) is 2.75. The Hall–Kier alpha value is -2.18. The number of aromatic nitrogens is 3. The van der Waals surface area contributed by atoms with Gasteiger partial charge in [-0.25, -0.2) is 9.67 Å². The molecule has 2 aromatic rings. The molecule has 0 unspecified atom stereocenters. The third-order valence-corrected chi connectivity index (χ3v) is 4.39. The summed E-state index contributed by atoms with van der Waals surface area (Å²) in [5.41, 5.74) is 1.96. The van der Waals surface area contributed by atoms with Gasteiger partial charge >= 0.3 is 0 Å². The summed E-state index contributed by atoms with van der Waals surface area (Å²) in [5, 5.41) is 11.1. The molecule has 0 bridgehead atoms. The summed E-state index contributed by atoms with van der Waals surface area (Å²) >= 11 is 6.28. The number of nitrogens with zero attached hydrogens (tertiary/aromatic N) is 3. The lowest BCUT2D eigenvalue weighted by atomic mass is 10.1. The van der Waals surface area contributed by atoms with Gasteiger partial charge in [0, 0.05) is 19.5 Å². The molecule has 25 heavy (non-hydrogen) atoms. The molecular weight excluding hydrogens is 338 g/mol. The molecule has 1 amide bonds. The Labute approximate surface area is 152 Å². The van der Waals surface area contributed by atoms with Crippen LogP contribution in [0, 0.1) is 0 Å². The Balaban J connectivity index is 1.80. The van der Waals surface area contributed by atoms with E-state index in [0.29, 0.717) is 11.6 Å². The zero-order chi connectivity index (χ0) is 17.6. The predicted octanol–water partition coefficient (Wildman–Crippen LogP) is 2.52. The summed E-state index contributed by atoms with van der Waals surface area (Å²) in [6.07, 6.45) is 4.69. The van der Waals surface area contributed by atoms with E-state index in [4.69, 9.17) is 11.6 Å². The minimum absolute atomic E-state index is 0.179. The number of carbonyl (C=O) groups is 1. The van der Waals surface area contributed by atoms with Gasteiger partial charge in [0.15, 0.2) is 0 Å². The fourth-order valence-corrected chi connectivity index (χ4v) is 2.96. The van der Waals surface area contributed by atoms with Gasteiger partial charge in [-0.2, -0.15) is 0 Å². The van der Waals surface area contributed by atoms with Crippen LogP contribution in [0.4, 0.5) is 0 Å². The third-order valence-electron chi connectivity index (χ3n) is 4.07. The van der Waals surface area contributed by atoms with Gasteiger partial charge in [-0.15, -0.1) is 5.10 Å². The fraction of sp³-hybridized carbons (Fsp3) is 0.389. The molecular formula is C18H22ClN5O. The molecule has 0 fully saturated rings. The Morgan fingerprint density at radius 2 is 2.24 bits per heavy atom. The minimum Gasteiger partial charge on any atom is -0.346 e. The number of nitrogens with one attached hydrogen (secondary N) is 2. The number of rotatable bonds is 6. The summed E-state index contributed by atoms with van der Waals surface area (Å²) in [4.78, 5) is 16.9. The maximum atomic E-state index is 12.4. The number of amides is 1. The second-order valence-electron chi connectivity index (χ2n) is 5.96. The van der Waals surface area contributed by atoms with E-state index in [9.17, 15) is 4.79 Å². The van der Waals surface area contributed by atoms with Crippen LogP contribution in [0.2, 0.25) is 5.02 Å². The quantitative estimate of drug-likeness (QED) is 0.777. The summed E-state index contributed by atoms with van der Waals surface area (Å²) in [5.74, 6) is 0.655. The van der Waals surface area contributed by atoms with Gasteiger partial charge in [0.05, 0.1) is 10.7 Å². The third kappa shape index (κ3) is 4.27. The van der Waals surface area contributed by atoms with Crippen molar-refractivity contribution in [1.29, 1.82) is 0 Å². The van der Waals surface area contributed by atoms with Crippen molar-refractivity contribution in [1.82, 2.24) is 25.4 Å². The van der Waals surface area contributed by atoms with E-state index in [0.717, 1.165) is 43.9 Å². The van der Waals surface area contributed by atoms with E-state index in [-0.39, 0.29) is 11.7 Å². The molecule has 0 atom stereocenters. The second kappa shape index (κ2) is 8.27. The molecule has 2 heterocycles. The topological polar surface area (TPSA) is 71.8 Å². The first-order valence-electron chi connectivity index (χ1n) is 8.56. The van der Waals surface area contributed by atoms with E-state index in [1.54, 1.807) is 10.7 Å². The van der Waals surface area contributed by atoms with Crippen LogP contribution in [-0.2, 0) is 6.42 Å². The van der Waals surface area contributed by atoms with Crippen molar-refractivity contribution in [3.63, 3.8) is 0 Å². The van der Waals surface area contributed by atoms with Gasteiger partial charge in [0.2, 0.25) is 5.82 Å². The largest absolute Gasteiger partial charge is 0.346 e. The van der Waals surface area contributed by atoms with E-state index in [2.05, 4.69) is 33.7 Å². The minimum atomic E-state index is -0.261. The average Bonchev–Trinajstić information content (AvgIpc) is 3.05. The van der Waals surface area contributed by atoms with Gasteiger partial charge in [0.25, 0.3) is 5.91 Å². The molecule has 1 aliphatic heterocycles. The maximum absolute atomic E-state index is 12.4. The van der Waals surface area contributed by atoms with Crippen LogP contribution < -0.4 is 10.6 Å². The van der Waals surface area contributed by atoms with Crippen LogP contribution in [0.25, 0.3) is 5.69 Å². The van der Waals surface area contributed by atoms with Crippen LogP contribution >= 0.6 is 11.6 Å². The molecule has 1 aromatic heterocycles. The van der Waals surface area contributed by atoms with Crippen LogP contribution in [0.5, 0.6) is 0 Å². The van der Waals surface area contributed by atoms with Crippen molar-refractivity contribution < 1.29 is 4.79 Å². The Kier molecular flexibility index (Phi) is 5.83. The second-order valence-corrected chi connectivity index (χ2v) is 6.37. The summed E-state index contributed by atoms with van der Waals surface area (Å²) < 4.78 is 1.67. The van der Waals surface area contributed by atoms with Gasteiger partial charge in [-0.05, 0) is 31.5 Å². The molecule has 7 heteroatoms. The average molecular weight is 360 g/mol. The van der Waals surface area contributed by atoms with E-state index >= 15 is 0 Å². The van der Waals surface area contributed by atoms with E-state index in [1.807, 2.05) is 18.2 Å². The van der Waals surface area contributed by atoms with Gasteiger partial charge in [0.1, 0.15) is 5.82 Å². The molecule has 1 aliphatic rings. The van der Waals surface area contributed by atoms with Crippen LogP contribution in [0.3, 0.4) is 0 Å². The van der Waals surface area contributed by atoms with Crippen molar-refractivity contribution in [2.24, 2.45) is 0 Å². The molecule has 0 saturated heterocycles. The number of carbonyl (C=O) groups excluding carboxylic acids is 1. The maximum Gasteiger partial charge on any atom is 0.291 e. The van der Waals surface area contributed by atoms with Gasteiger partial charge < -0.3 is 10.6 Å². The lowest BCUT2D eigenvalue weighted by molar-refractivity contribution is 0.0946. The first kappa shape index (κ1) is 17.6. The van der Waals surface area contributed by atoms with Crippen molar-refractivity contribution >= 4 is 17.5 Å². The van der Waals surface area contributed by atoms with Crippen LogP contribution in [0.1, 0.15) is 36.2 Å². The molecule has 3 rings (SSSR count). The molecule has 0 saturated carbocycles. The van der Waals surface area contributed by atoms with Crippen molar-refractivity contribution in [2.45, 2.75) is 26.2 Å². The normalized spacial score (nSPS) is 14.2. The highest BCUT2D eigenvalue weighted by atomic mass is 35.5. The lowest BCUT2D eigenvalue weighted by Gasteiger charge is -2.13. The van der Waals surface area contributed by atoms with Crippen molar-refractivity contribution in [2.75, 3.05) is 19.6 Å². The van der Waals surface area contributed by atoms with Crippen LogP contribution in [-0.4, -0.2) is 40.3 Å². The Morgan fingerprint density at radius 1 is 1.40 bits per heavy atom. The van der Waals surface area contributed by atoms with Crippen molar-refractivity contribution in [3.8, 4) is 5.69 Å². The Bertz CT molecular complexity index is 784. The standard InChI is InChI=1S/C18H22ClN5O/c1-2-5-16-22-17(18(25)21-12-13-8-10-20-11-9-13)23-24(16)15-7-4-3-6-14(15)19/h3-4,6-8,20H,2,5,9-12H2,1H3,(H,21,25). The van der Waals surface area contributed by atoms with E-state index in [1.165, 1.54) is 5.57 Å². The highest BCUT2D eigenvalue weighted by molar-refractivity contribution is 6.32. The molecule has 0 radical (unpaired) electrons. The first-order valence-corrected chi connectivity index (χ1v) is 8.94. The lowest BCUT2D eigenvalue weighted by Crippen LogP contribution is -2.30. The van der Waals surface area contributed by atoms with Gasteiger partial charge in [-0.1, -0.05) is 42.3 Å². The number of aryl methyl sites for hydroxylation is 1. The molecule has 132 valence electrons. The SMILES string of the molecule is CCCc1nc(C(=O)NCC2=CCNCC2)nn1-c1ccccc1Cl. The number of hydrogen-bond acceptors (Lipinski definition) is 4. The molecule has 0 aliphatic carbocycles. The van der Waals surface area contributed by atoms with Gasteiger partial charge in [-0.3, -0.25) is 4.79 Å². The molecule has 1 aromatic carbocycles. The number of benzene rings is 1. The number of halogens is 1. The smallest absolute Gasteiger partial charge is 0.291 e. The molecule has 2 N–H and O–H groups in total.